The van der Waals surface area contributed by atoms with Crippen LogP contribution >= 0.6 is 0 Å². The third kappa shape index (κ3) is 3.30. The first kappa shape index (κ1) is 12.1. The van der Waals surface area contributed by atoms with Gasteiger partial charge in [0.25, 0.3) is 5.91 Å². The summed E-state index contributed by atoms with van der Waals surface area (Å²) in [6.07, 6.45) is 4.11. The van der Waals surface area contributed by atoms with E-state index in [0.717, 1.165) is 25.2 Å². The lowest BCUT2D eigenvalue weighted by Gasteiger charge is -2.02. The summed E-state index contributed by atoms with van der Waals surface area (Å²) in [5, 5.41) is 11.2. The normalized spacial score (nSPS) is 9.81. The van der Waals surface area contributed by atoms with Gasteiger partial charge in [0.15, 0.2) is 5.69 Å². The second-order valence-electron chi connectivity index (χ2n) is 3.20. The molecule has 86 valence electrons. The first-order valence-corrected chi connectivity index (χ1v) is 4.98. The second-order valence-corrected chi connectivity index (χ2v) is 3.20. The molecule has 2 N–H and O–H groups in total. The van der Waals surface area contributed by atoms with Crippen LogP contribution in [-0.4, -0.2) is 33.5 Å². The van der Waals surface area contributed by atoms with Crippen molar-refractivity contribution >= 4 is 11.9 Å². The molecule has 16 heavy (non-hydrogen) atoms. The van der Waals surface area contributed by atoms with E-state index in [9.17, 15) is 9.59 Å². The molecular weight excluding hydrogens is 210 g/mol. The molecule has 0 aromatic carbocycles. The van der Waals surface area contributed by atoms with Gasteiger partial charge in [0, 0.05) is 6.54 Å². The van der Waals surface area contributed by atoms with Crippen LogP contribution in [0.15, 0.2) is 12.4 Å². The molecule has 0 unspecified atom stereocenters. The van der Waals surface area contributed by atoms with Gasteiger partial charge in [-0.2, -0.15) is 0 Å². The van der Waals surface area contributed by atoms with E-state index in [2.05, 4.69) is 15.3 Å². The van der Waals surface area contributed by atoms with Gasteiger partial charge < -0.3 is 10.4 Å². The van der Waals surface area contributed by atoms with Gasteiger partial charge in [0.05, 0.1) is 12.4 Å². The molecule has 0 radical (unpaired) electrons. The number of carboxylic acids is 1. The fourth-order valence-electron chi connectivity index (χ4n) is 1.02. The van der Waals surface area contributed by atoms with Crippen LogP contribution in [0.5, 0.6) is 0 Å². The third-order valence-electron chi connectivity index (χ3n) is 1.92. The van der Waals surface area contributed by atoms with E-state index in [1.54, 1.807) is 0 Å². The molecule has 0 aliphatic heterocycles. The van der Waals surface area contributed by atoms with Gasteiger partial charge in [-0.1, -0.05) is 13.3 Å². The smallest absolute Gasteiger partial charge is 0.356 e. The van der Waals surface area contributed by atoms with Gasteiger partial charge in [0.2, 0.25) is 0 Å². The van der Waals surface area contributed by atoms with Crippen molar-refractivity contribution in [3.05, 3.63) is 23.8 Å². The summed E-state index contributed by atoms with van der Waals surface area (Å²) in [5.74, 6) is -1.50. The molecule has 0 aliphatic rings. The second kappa shape index (κ2) is 5.79. The topological polar surface area (TPSA) is 92.2 Å². The van der Waals surface area contributed by atoms with E-state index in [-0.39, 0.29) is 17.3 Å². The summed E-state index contributed by atoms with van der Waals surface area (Å²) < 4.78 is 0. The fourth-order valence-corrected chi connectivity index (χ4v) is 1.02. The number of hydrogen-bond acceptors (Lipinski definition) is 4. The molecule has 0 aliphatic carbocycles. The molecule has 0 fully saturated rings. The highest BCUT2D eigenvalue weighted by molar-refractivity contribution is 5.92. The van der Waals surface area contributed by atoms with Crippen LogP contribution in [0.2, 0.25) is 0 Å². The van der Waals surface area contributed by atoms with E-state index in [1.165, 1.54) is 0 Å². The highest BCUT2D eigenvalue weighted by atomic mass is 16.4. The SMILES string of the molecule is CCCCNC(=O)c1cnc(C(=O)O)cn1. The minimum absolute atomic E-state index is 0.126. The van der Waals surface area contributed by atoms with E-state index in [0.29, 0.717) is 6.54 Å². The molecular formula is C10H13N3O3. The molecule has 6 heteroatoms. The number of unbranched alkanes of at least 4 members (excludes halogenated alkanes) is 1. The van der Waals surface area contributed by atoms with Crippen LogP contribution in [0, 0.1) is 0 Å². The van der Waals surface area contributed by atoms with Gasteiger partial charge in [-0.25, -0.2) is 14.8 Å². The van der Waals surface area contributed by atoms with E-state index >= 15 is 0 Å². The number of carbonyl (C=O) groups excluding carboxylic acids is 1. The largest absolute Gasteiger partial charge is 0.476 e. The number of aromatic carboxylic acids is 1. The maximum absolute atomic E-state index is 11.4. The molecule has 1 amide bonds. The Morgan fingerprint density at radius 1 is 1.31 bits per heavy atom. The van der Waals surface area contributed by atoms with Crippen molar-refractivity contribution in [2.75, 3.05) is 6.54 Å². The molecule has 1 heterocycles. The molecule has 1 aromatic rings. The van der Waals surface area contributed by atoms with Crippen molar-refractivity contribution in [3.63, 3.8) is 0 Å². The number of nitrogens with zero attached hydrogens (tertiary/aromatic N) is 2. The maximum Gasteiger partial charge on any atom is 0.356 e. The number of hydrogen-bond donors (Lipinski definition) is 2. The number of amides is 1. The summed E-state index contributed by atoms with van der Waals surface area (Å²) in [5.41, 5.74) is -0.0498. The predicted molar refractivity (Wildman–Crippen MR) is 56.2 cm³/mol. The highest BCUT2D eigenvalue weighted by Gasteiger charge is 2.09. The Hall–Kier alpha value is -1.98. The number of nitrogens with one attached hydrogen (secondary N) is 1. The van der Waals surface area contributed by atoms with Crippen LogP contribution in [0.1, 0.15) is 40.7 Å². The van der Waals surface area contributed by atoms with Crippen LogP contribution < -0.4 is 5.32 Å². The molecule has 0 saturated heterocycles. The van der Waals surface area contributed by atoms with Gasteiger partial charge >= 0.3 is 5.97 Å². The standard InChI is InChI=1S/C10H13N3O3/c1-2-3-4-11-9(14)7-5-13-8(6-12-7)10(15)16/h5-6H,2-4H2,1H3,(H,11,14)(H,15,16). The number of rotatable bonds is 5. The zero-order chi connectivity index (χ0) is 12.0. The first-order chi connectivity index (χ1) is 7.65. The Morgan fingerprint density at radius 3 is 2.44 bits per heavy atom. The van der Waals surface area contributed by atoms with E-state index < -0.39 is 5.97 Å². The van der Waals surface area contributed by atoms with Crippen LogP contribution in [0.3, 0.4) is 0 Å². The Balaban J connectivity index is 2.59. The minimum atomic E-state index is -1.16. The Bertz CT molecular complexity index is 375. The third-order valence-corrected chi connectivity index (χ3v) is 1.92. The average Bonchev–Trinajstić information content (AvgIpc) is 2.29. The molecule has 1 rings (SSSR count). The molecule has 0 spiro atoms. The predicted octanol–water partition coefficient (Wildman–Crippen LogP) is 0.705. The summed E-state index contributed by atoms with van der Waals surface area (Å²) in [6, 6.07) is 0. The lowest BCUT2D eigenvalue weighted by Crippen LogP contribution is -2.25. The highest BCUT2D eigenvalue weighted by Crippen LogP contribution is 1.96. The van der Waals surface area contributed by atoms with Crippen molar-refractivity contribution < 1.29 is 14.7 Å². The first-order valence-electron chi connectivity index (χ1n) is 4.98. The summed E-state index contributed by atoms with van der Waals surface area (Å²) >= 11 is 0. The fraction of sp³-hybridized carbons (Fsp3) is 0.400. The minimum Gasteiger partial charge on any atom is -0.476 e. The lowest BCUT2D eigenvalue weighted by molar-refractivity contribution is 0.0689. The van der Waals surface area contributed by atoms with Gasteiger partial charge in [-0.05, 0) is 6.42 Å². The Kier molecular flexibility index (Phi) is 4.38. The number of carbonyl (C=O) groups is 2. The zero-order valence-corrected chi connectivity index (χ0v) is 8.93. The quantitative estimate of drug-likeness (QED) is 0.717. The van der Waals surface area contributed by atoms with Crippen molar-refractivity contribution in [2.45, 2.75) is 19.8 Å². The number of carboxylic acid groups (broad SMARTS) is 1. The zero-order valence-electron chi connectivity index (χ0n) is 8.93. The van der Waals surface area contributed by atoms with Crippen LogP contribution in [0.4, 0.5) is 0 Å². The lowest BCUT2D eigenvalue weighted by atomic mass is 10.3. The van der Waals surface area contributed by atoms with E-state index in [1.807, 2.05) is 6.92 Å². The van der Waals surface area contributed by atoms with Crippen LogP contribution in [0.25, 0.3) is 0 Å². The Labute approximate surface area is 92.7 Å². The molecule has 1 aromatic heterocycles. The summed E-state index contributed by atoms with van der Waals surface area (Å²) in [7, 11) is 0. The van der Waals surface area contributed by atoms with Gasteiger partial charge in [-0.15, -0.1) is 0 Å². The van der Waals surface area contributed by atoms with E-state index in [4.69, 9.17) is 5.11 Å². The molecule has 0 atom stereocenters. The number of aromatic nitrogens is 2. The van der Waals surface area contributed by atoms with Gasteiger partial charge in [0.1, 0.15) is 5.69 Å². The average molecular weight is 223 g/mol. The van der Waals surface area contributed by atoms with Gasteiger partial charge in [-0.3, -0.25) is 4.79 Å². The van der Waals surface area contributed by atoms with Crippen LogP contribution in [-0.2, 0) is 0 Å². The summed E-state index contributed by atoms with van der Waals surface area (Å²) in [4.78, 5) is 29.3. The van der Waals surface area contributed by atoms with Crippen molar-refractivity contribution in [1.82, 2.24) is 15.3 Å². The monoisotopic (exact) mass is 223 g/mol. The van der Waals surface area contributed by atoms with Crippen molar-refractivity contribution in [1.29, 1.82) is 0 Å². The molecule has 6 nitrogen and oxygen atoms in total. The van der Waals surface area contributed by atoms with Crippen molar-refractivity contribution in [2.24, 2.45) is 0 Å². The summed E-state index contributed by atoms with van der Waals surface area (Å²) in [6.45, 7) is 2.60. The maximum atomic E-state index is 11.4. The Morgan fingerprint density at radius 2 is 1.94 bits per heavy atom. The van der Waals surface area contributed by atoms with Crippen molar-refractivity contribution in [3.8, 4) is 0 Å². The molecule has 0 bridgehead atoms. The molecule has 0 saturated carbocycles.